The number of phenolic OH excluding ortho intramolecular Hbond substituents is 1. The number of phenols is 1. The summed E-state index contributed by atoms with van der Waals surface area (Å²) in [6, 6.07) is 1.11. The number of anilines is 1. The number of hydrogen-bond acceptors (Lipinski definition) is 7. The molecule has 1 aromatic carbocycles. The third kappa shape index (κ3) is 3.70. The Morgan fingerprint density at radius 2 is 1.85 bits per heavy atom. The lowest BCUT2D eigenvalue weighted by Gasteiger charge is -2.32. The molecule has 142 valence electrons. The van der Waals surface area contributed by atoms with Crippen molar-refractivity contribution in [1.82, 2.24) is 0 Å². The zero-order valence-corrected chi connectivity index (χ0v) is 14.3. The number of rotatable bonds is 3. The van der Waals surface area contributed by atoms with Crippen LogP contribution in [-0.4, -0.2) is 44.6 Å². The van der Waals surface area contributed by atoms with Crippen molar-refractivity contribution in [2.45, 2.75) is 6.18 Å². The SMILES string of the molecule is COC(=O)C1=C(C(=O)OC)N(c2cc(C(F)(F)F)cc(Cl)c2O)COC1. The lowest BCUT2D eigenvalue weighted by Crippen LogP contribution is -2.39. The second-order valence-electron chi connectivity index (χ2n) is 5.04. The van der Waals surface area contributed by atoms with Crippen molar-refractivity contribution in [1.29, 1.82) is 0 Å². The van der Waals surface area contributed by atoms with Gasteiger partial charge in [-0.1, -0.05) is 11.6 Å². The largest absolute Gasteiger partial charge is 0.504 e. The van der Waals surface area contributed by atoms with E-state index in [2.05, 4.69) is 9.47 Å². The van der Waals surface area contributed by atoms with Crippen LogP contribution in [0.3, 0.4) is 0 Å². The molecule has 0 saturated carbocycles. The highest BCUT2D eigenvalue weighted by molar-refractivity contribution is 6.32. The first-order valence-electron chi connectivity index (χ1n) is 6.96. The van der Waals surface area contributed by atoms with Gasteiger partial charge in [0.15, 0.2) is 5.75 Å². The number of alkyl halides is 3. The molecule has 0 radical (unpaired) electrons. The van der Waals surface area contributed by atoms with E-state index in [0.29, 0.717) is 12.1 Å². The van der Waals surface area contributed by atoms with Crippen LogP contribution in [0.2, 0.25) is 5.02 Å². The molecule has 0 atom stereocenters. The maximum atomic E-state index is 13.1. The third-order valence-corrected chi connectivity index (χ3v) is 3.78. The molecule has 0 bridgehead atoms. The van der Waals surface area contributed by atoms with Crippen molar-refractivity contribution in [3.63, 3.8) is 0 Å². The number of halogens is 4. The van der Waals surface area contributed by atoms with Gasteiger partial charge in [0.1, 0.15) is 12.4 Å². The van der Waals surface area contributed by atoms with E-state index in [1.807, 2.05) is 0 Å². The molecular weight excluding hydrogens is 383 g/mol. The minimum Gasteiger partial charge on any atom is -0.504 e. The standard InChI is InChI=1S/C15H13ClF3NO6/c1-24-13(22)8-5-26-6-20(11(8)14(23)25-2)10-4-7(15(17,18)19)3-9(16)12(10)21/h3-4,21H,5-6H2,1-2H3. The second-order valence-corrected chi connectivity index (χ2v) is 5.45. The number of aromatic hydroxyl groups is 1. The summed E-state index contributed by atoms with van der Waals surface area (Å²) >= 11 is 5.69. The number of hydrogen-bond donors (Lipinski definition) is 1. The number of carbonyl (C=O) groups excluding carboxylic acids is 2. The summed E-state index contributed by atoms with van der Waals surface area (Å²) < 4.78 is 53.5. The van der Waals surface area contributed by atoms with Gasteiger partial charge in [-0.25, -0.2) is 9.59 Å². The molecule has 0 spiro atoms. The van der Waals surface area contributed by atoms with Crippen LogP contribution in [0.1, 0.15) is 5.56 Å². The Morgan fingerprint density at radius 3 is 2.38 bits per heavy atom. The summed E-state index contributed by atoms with van der Waals surface area (Å²) in [4.78, 5) is 24.9. The van der Waals surface area contributed by atoms with E-state index in [-0.39, 0.29) is 12.2 Å². The van der Waals surface area contributed by atoms with E-state index in [9.17, 15) is 27.9 Å². The van der Waals surface area contributed by atoms with Crippen LogP contribution in [0.25, 0.3) is 0 Å². The monoisotopic (exact) mass is 395 g/mol. The van der Waals surface area contributed by atoms with Crippen molar-refractivity contribution in [2.75, 3.05) is 32.5 Å². The van der Waals surface area contributed by atoms with Gasteiger partial charge >= 0.3 is 18.1 Å². The van der Waals surface area contributed by atoms with E-state index in [0.717, 1.165) is 19.1 Å². The van der Waals surface area contributed by atoms with Crippen LogP contribution in [-0.2, 0) is 30.0 Å². The average Bonchev–Trinajstić information content (AvgIpc) is 2.60. The van der Waals surface area contributed by atoms with E-state index in [1.165, 1.54) is 0 Å². The van der Waals surface area contributed by atoms with Crippen molar-refractivity contribution in [2.24, 2.45) is 0 Å². The number of esters is 2. The molecule has 0 aromatic heterocycles. The van der Waals surface area contributed by atoms with Gasteiger partial charge in [0.2, 0.25) is 0 Å². The van der Waals surface area contributed by atoms with E-state index in [4.69, 9.17) is 16.3 Å². The number of carbonyl (C=O) groups is 2. The van der Waals surface area contributed by atoms with Crippen LogP contribution in [0.5, 0.6) is 5.75 Å². The first-order valence-corrected chi connectivity index (χ1v) is 7.34. The zero-order chi connectivity index (χ0) is 19.6. The maximum absolute atomic E-state index is 13.1. The van der Waals surface area contributed by atoms with Crippen LogP contribution in [0.4, 0.5) is 18.9 Å². The number of ether oxygens (including phenoxy) is 3. The van der Waals surface area contributed by atoms with Crippen LogP contribution < -0.4 is 4.90 Å². The Labute approximate surface area is 150 Å². The van der Waals surface area contributed by atoms with Crippen LogP contribution >= 0.6 is 11.6 Å². The third-order valence-electron chi connectivity index (χ3n) is 3.49. The summed E-state index contributed by atoms with van der Waals surface area (Å²) in [7, 11) is 2.08. The fourth-order valence-corrected chi connectivity index (χ4v) is 2.50. The molecule has 7 nitrogen and oxygen atoms in total. The predicted octanol–water partition coefficient (Wildman–Crippen LogP) is 2.46. The van der Waals surface area contributed by atoms with Crippen molar-refractivity contribution >= 4 is 29.2 Å². The number of benzene rings is 1. The average molecular weight is 396 g/mol. The molecule has 0 amide bonds. The van der Waals surface area contributed by atoms with E-state index in [1.54, 1.807) is 0 Å². The Morgan fingerprint density at radius 1 is 1.23 bits per heavy atom. The topological polar surface area (TPSA) is 85.3 Å². The molecule has 26 heavy (non-hydrogen) atoms. The molecule has 2 rings (SSSR count). The minimum atomic E-state index is -4.76. The van der Waals surface area contributed by atoms with E-state index < -0.39 is 52.6 Å². The van der Waals surface area contributed by atoms with Crippen molar-refractivity contribution in [3.8, 4) is 5.75 Å². The molecule has 11 heteroatoms. The van der Waals surface area contributed by atoms with Gasteiger partial charge in [-0.15, -0.1) is 0 Å². The number of nitrogens with zero attached hydrogens (tertiary/aromatic N) is 1. The Bertz CT molecular complexity index is 777. The normalized spacial score (nSPS) is 15.1. The summed E-state index contributed by atoms with van der Waals surface area (Å²) in [5.74, 6) is -2.69. The Kier molecular flexibility index (Phi) is 5.67. The van der Waals surface area contributed by atoms with Crippen molar-refractivity contribution in [3.05, 3.63) is 34.0 Å². The van der Waals surface area contributed by atoms with Gasteiger partial charge in [0.05, 0.1) is 42.7 Å². The minimum absolute atomic E-state index is 0.279. The molecule has 0 saturated heterocycles. The second kappa shape index (κ2) is 7.42. The fourth-order valence-electron chi connectivity index (χ4n) is 2.29. The quantitative estimate of drug-likeness (QED) is 0.787. The molecule has 1 aliphatic heterocycles. The molecule has 1 aromatic rings. The Hall–Kier alpha value is -2.46. The van der Waals surface area contributed by atoms with Gasteiger partial charge in [0, 0.05) is 0 Å². The molecule has 0 aliphatic carbocycles. The maximum Gasteiger partial charge on any atom is 0.416 e. The van der Waals surface area contributed by atoms with E-state index >= 15 is 0 Å². The van der Waals surface area contributed by atoms with Gasteiger partial charge in [0.25, 0.3) is 0 Å². The van der Waals surface area contributed by atoms with Crippen molar-refractivity contribution < 1.29 is 42.1 Å². The molecule has 1 heterocycles. The first kappa shape index (κ1) is 19.9. The summed E-state index contributed by atoms with van der Waals surface area (Å²) in [5.41, 5.74) is -2.34. The summed E-state index contributed by atoms with van der Waals surface area (Å²) in [5, 5.41) is 9.51. The summed E-state index contributed by atoms with van der Waals surface area (Å²) in [6.45, 7) is -0.767. The molecule has 0 fully saturated rings. The Balaban J connectivity index is 2.71. The van der Waals surface area contributed by atoms with Crippen LogP contribution in [0, 0.1) is 0 Å². The lowest BCUT2D eigenvalue weighted by molar-refractivity contribution is -0.140. The molecule has 0 unspecified atom stereocenters. The predicted molar refractivity (Wildman–Crippen MR) is 82.5 cm³/mol. The number of methoxy groups -OCH3 is 2. The van der Waals surface area contributed by atoms with Gasteiger partial charge in [-0.05, 0) is 12.1 Å². The highest BCUT2D eigenvalue weighted by atomic mass is 35.5. The first-order chi connectivity index (χ1) is 12.1. The molecule has 1 N–H and O–H groups in total. The summed E-state index contributed by atoms with van der Waals surface area (Å²) in [6.07, 6.45) is -4.76. The van der Waals surface area contributed by atoms with Gasteiger partial charge in [-0.3, -0.25) is 0 Å². The highest BCUT2D eigenvalue weighted by Crippen LogP contribution is 2.43. The zero-order valence-electron chi connectivity index (χ0n) is 13.5. The highest BCUT2D eigenvalue weighted by Gasteiger charge is 2.37. The fraction of sp³-hybridized carbons (Fsp3) is 0.333. The van der Waals surface area contributed by atoms with Crippen LogP contribution in [0.15, 0.2) is 23.4 Å². The smallest absolute Gasteiger partial charge is 0.416 e. The van der Waals surface area contributed by atoms with Gasteiger partial charge in [-0.2, -0.15) is 13.2 Å². The molecule has 1 aliphatic rings. The lowest BCUT2D eigenvalue weighted by atomic mass is 10.1. The molecular formula is C15H13ClF3NO6. The van der Waals surface area contributed by atoms with Gasteiger partial charge < -0.3 is 24.2 Å².